The van der Waals surface area contributed by atoms with Gasteiger partial charge in [-0.1, -0.05) is 13.8 Å². The molecule has 0 spiro atoms. The standard InChI is InChI=1S/C12H23NO/c1-9(2)7-13(10(3)4)8-12(14)11-5-6-11/h9-11H,5-8H2,1-4H3. The molecule has 0 aromatic rings. The van der Waals surface area contributed by atoms with Gasteiger partial charge in [-0.15, -0.1) is 0 Å². The number of hydrogen-bond donors (Lipinski definition) is 0. The number of rotatable bonds is 6. The van der Waals surface area contributed by atoms with Crippen molar-refractivity contribution in [1.82, 2.24) is 4.90 Å². The molecule has 0 aromatic carbocycles. The summed E-state index contributed by atoms with van der Waals surface area (Å²) in [6.45, 7) is 10.5. The Kier molecular flexibility index (Phi) is 4.11. The SMILES string of the molecule is CC(C)CN(CC(=O)C1CC1)C(C)C. The number of nitrogens with zero attached hydrogens (tertiary/aromatic N) is 1. The van der Waals surface area contributed by atoms with Crippen molar-refractivity contribution in [1.29, 1.82) is 0 Å². The van der Waals surface area contributed by atoms with Gasteiger partial charge in [0.25, 0.3) is 0 Å². The summed E-state index contributed by atoms with van der Waals surface area (Å²) in [7, 11) is 0. The van der Waals surface area contributed by atoms with E-state index in [-0.39, 0.29) is 0 Å². The van der Waals surface area contributed by atoms with Crippen LogP contribution in [0.25, 0.3) is 0 Å². The second-order valence-corrected chi connectivity index (χ2v) is 5.16. The molecule has 0 N–H and O–H groups in total. The Bertz CT molecular complexity index is 194. The van der Waals surface area contributed by atoms with Gasteiger partial charge in [-0.3, -0.25) is 9.69 Å². The highest BCUT2D eigenvalue weighted by molar-refractivity contribution is 5.85. The van der Waals surface area contributed by atoms with Crippen molar-refractivity contribution in [3.05, 3.63) is 0 Å². The first kappa shape index (κ1) is 11.7. The van der Waals surface area contributed by atoms with Crippen LogP contribution in [-0.4, -0.2) is 29.8 Å². The lowest BCUT2D eigenvalue weighted by Crippen LogP contribution is -2.38. The molecule has 1 saturated carbocycles. The molecule has 0 unspecified atom stereocenters. The van der Waals surface area contributed by atoms with Crippen LogP contribution in [0.5, 0.6) is 0 Å². The Morgan fingerprint density at radius 2 is 1.86 bits per heavy atom. The van der Waals surface area contributed by atoms with Gasteiger partial charge in [0.1, 0.15) is 5.78 Å². The molecule has 2 nitrogen and oxygen atoms in total. The van der Waals surface area contributed by atoms with E-state index < -0.39 is 0 Å². The van der Waals surface area contributed by atoms with E-state index in [2.05, 4.69) is 32.6 Å². The molecule has 0 saturated heterocycles. The van der Waals surface area contributed by atoms with Gasteiger partial charge < -0.3 is 0 Å². The number of hydrogen-bond acceptors (Lipinski definition) is 2. The van der Waals surface area contributed by atoms with Gasteiger partial charge in [-0.25, -0.2) is 0 Å². The molecule has 0 bridgehead atoms. The molecule has 0 atom stereocenters. The van der Waals surface area contributed by atoms with Gasteiger partial charge >= 0.3 is 0 Å². The van der Waals surface area contributed by atoms with Crippen molar-refractivity contribution >= 4 is 5.78 Å². The third-order valence-corrected chi connectivity index (χ3v) is 2.72. The van der Waals surface area contributed by atoms with Crippen LogP contribution >= 0.6 is 0 Å². The second kappa shape index (κ2) is 4.92. The molecule has 0 aliphatic heterocycles. The Morgan fingerprint density at radius 1 is 1.29 bits per heavy atom. The topological polar surface area (TPSA) is 20.3 Å². The zero-order chi connectivity index (χ0) is 10.7. The maximum Gasteiger partial charge on any atom is 0.149 e. The van der Waals surface area contributed by atoms with Crippen LogP contribution in [0.4, 0.5) is 0 Å². The Balaban J connectivity index is 2.37. The van der Waals surface area contributed by atoms with E-state index >= 15 is 0 Å². The van der Waals surface area contributed by atoms with Crippen LogP contribution in [0.3, 0.4) is 0 Å². The van der Waals surface area contributed by atoms with Crippen LogP contribution in [0.2, 0.25) is 0 Å². The fourth-order valence-corrected chi connectivity index (χ4v) is 1.66. The second-order valence-electron chi connectivity index (χ2n) is 5.16. The molecule has 2 heteroatoms. The Morgan fingerprint density at radius 3 is 2.21 bits per heavy atom. The third-order valence-electron chi connectivity index (χ3n) is 2.72. The predicted octanol–water partition coefficient (Wildman–Crippen LogP) is 2.33. The van der Waals surface area contributed by atoms with E-state index in [1.807, 2.05) is 0 Å². The van der Waals surface area contributed by atoms with Gasteiger partial charge in [-0.05, 0) is 32.6 Å². The average molecular weight is 197 g/mol. The number of carbonyl (C=O) groups is 1. The van der Waals surface area contributed by atoms with Gasteiger partial charge in [0, 0.05) is 18.5 Å². The zero-order valence-electron chi connectivity index (χ0n) is 9.92. The minimum atomic E-state index is 0.406. The first-order valence-electron chi connectivity index (χ1n) is 5.77. The Labute approximate surface area is 87.7 Å². The number of Topliss-reactive ketones (excluding diaryl/α,β-unsaturated/α-hetero) is 1. The molecule has 1 fully saturated rings. The van der Waals surface area contributed by atoms with E-state index in [1.165, 1.54) is 0 Å². The van der Waals surface area contributed by atoms with Crippen LogP contribution in [0, 0.1) is 11.8 Å². The van der Waals surface area contributed by atoms with Gasteiger partial charge in [0.05, 0.1) is 6.54 Å². The molecular weight excluding hydrogens is 174 g/mol. The van der Waals surface area contributed by atoms with Crippen molar-refractivity contribution in [3.63, 3.8) is 0 Å². The predicted molar refractivity (Wildman–Crippen MR) is 59.3 cm³/mol. The summed E-state index contributed by atoms with van der Waals surface area (Å²) in [4.78, 5) is 14.0. The molecule has 0 aromatic heterocycles. The molecule has 0 heterocycles. The monoisotopic (exact) mass is 197 g/mol. The zero-order valence-corrected chi connectivity index (χ0v) is 9.92. The van der Waals surface area contributed by atoms with Crippen LogP contribution in [0.15, 0.2) is 0 Å². The minimum absolute atomic E-state index is 0.406. The Hall–Kier alpha value is -0.370. The average Bonchev–Trinajstić information content (AvgIpc) is 2.83. The molecule has 82 valence electrons. The van der Waals surface area contributed by atoms with Crippen LogP contribution < -0.4 is 0 Å². The van der Waals surface area contributed by atoms with Gasteiger partial charge in [-0.2, -0.15) is 0 Å². The van der Waals surface area contributed by atoms with E-state index in [9.17, 15) is 4.79 Å². The van der Waals surface area contributed by atoms with E-state index in [1.54, 1.807) is 0 Å². The summed E-state index contributed by atoms with van der Waals surface area (Å²) < 4.78 is 0. The minimum Gasteiger partial charge on any atom is -0.298 e. The van der Waals surface area contributed by atoms with Crippen molar-refractivity contribution in [2.45, 2.75) is 46.6 Å². The maximum absolute atomic E-state index is 11.7. The first-order chi connectivity index (χ1) is 6.50. The lowest BCUT2D eigenvalue weighted by molar-refractivity contribution is -0.121. The molecular formula is C12H23NO. The molecule has 0 radical (unpaired) electrons. The smallest absolute Gasteiger partial charge is 0.149 e. The number of carbonyl (C=O) groups excluding carboxylic acids is 1. The van der Waals surface area contributed by atoms with Crippen LogP contribution in [0.1, 0.15) is 40.5 Å². The van der Waals surface area contributed by atoms with Gasteiger partial charge in [0.15, 0.2) is 0 Å². The molecule has 1 aliphatic rings. The van der Waals surface area contributed by atoms with Gasteiger partial charge in [0.2, 0.25) is 0 Å². The highest BCUT2D eigenvalue weighted by Gasteiger charge is 2.30. The van der Waals surface area contributed by atoms with Crippen LogP contribution in [-0.2, 0) is 4.79 Å². The van der Waals surface area contributed by atoms with Crippen molar-refractivity contribution < 1.29 is 4.79 Å². The highest BCUT2D eigenvalue weighted by atomic mass is 16.1. The lowest BCUT2D eigenvalue weighted by atomic mass is 10.1. The van der Waals surface area contributed by atoms with Crippen molar-refractivity contribution in [3.8, 4) is 0 Å². The number of ketones is 1. The van der Waals surface area contributed by atoms with Crippen molar-refractivity contribution in [2.24, 2.45) is 11.8 Å². The molecule has 14 heavy (non-hydrogen) atoms. The summed E-state index contributed by atoms with van der Waals surface area (Å²) >= 11 is 0. The summed E-state index contributed by atoms with van der Waals surface area (Å²) in [6.07, 6.45) is 2.26. The summed E-state index contributed by atoms with van der Waals surface area (Å²) in [5, 5.41) is 0. The summed E-state index contributed by atoms with van der Waals surface area (Å²) in [6, 6.07) is 0.486. The normalized spacial score (nSPS) is 17.1. The molecule has 1 aliphatic carbocycles. The molecule has 0 amide bonds. The fourth-order valence-electron chi connectivity index (χ4n) is 1.66. The largest absolute Gasteiger partial charge is 0.298 e. The quantitative estimate of drug-likeness (QED) is 0.651. The van der Waals surface area contributed by atoms with E-state index in [0.717, 1.165) is 19.4 Å². The fraction of sp³-hybridized carbons (Fsp3) is 0.917. The van der Waals surface area contributed by atoms with E-state index in [0.29, 0.717) is 30.2 Å². The maximum atomic E-state index is 11.7. The van der Waals surface area contributed by atoms with Crippen molar-refractivity contribution in [2.75, 3.05) is 13.1 Å². The lowest BCUT2D eigenvalue weighted by Gasteiger charge is -2.27. The highest BCUT2D eigenvalue weighted by Crippen LogP contribution is 2.30. The summed E-state index contributed by atoms with van der Waals surface area (Å²) in [5.74, 6) is 1.51. The van der Waals surface area contributed by atoms with E-state index in [4.69, 9.17) is 0 Å². The third kappa shape index (κ3) is 3.79. The first-order valence-corrected chi connectivity index (χ1v) is 5.77. The summed E-state index contributed by atoms with van der Waals surface area (Å²) in [5.41, 5.74) is 0. The molecule has 1 rings (SSSR count).